The number of hydrogen-bond donors (Lipinski definition) is 1. The number of rotatable bonds is 5. The molecule has 88 valence electrons. The summed E-state index contributed by atoms with van der Waals surface area (Å²) in [5.41, 5.74) is -0.619. The van der Waals surface area contributed by atoms with Gasteiger partial charge >= 0.3 is 0 Å². The monoisotopic (exact) mass is 234 g/mol. The molecule has 0 aromatic rings. The smallest absolute Gasteiger partial charge is 0.239 e. The number of carbonyl (C=O) groups is 2. The van der Waals surface area contributed by atoms with Crippen LogP contribution in [0.5, 0.6) is 0 Å². The van der Waals surface area contributed by atoms with Crippen molar-refractivity contribution in [3.63, 3.8) is 0 Å². The van der Waals surface area contributed by atoms with Crippen LogP contribution in [0.25, 0.3) is 0 Å². The Labute approximate surface area is 96.0 Å². The number of amides is 2. The van der Waals surface area contributed by atoms with Crippen LogP contribution in [-0.4, -0.2) is 42.7 Å². The van der Waals surface area contributed by atoms with E-state index in [9.17, 15) is 9.59 Å². The molecule has 1 N–H and O–H groups in total. The second-order valence-corrected chi connectivity index (χ2v) is 4.28. The first-order valence-corrected chi connectivity index (χ1v) is 5.48. The van der Waals surface area contributed by atoms with Gasteiger partial charge in [-0.15, -0.1) is 11.6 Å². The fourth-order valence-electron chi connectivity index (χ4n) is 1.06. The SMILES string of the molecule is CCN(CC(=O)NC)C(=O)C(C)(C)CCl. The molecule has 0 saturated carbocycles. The Morgan fingerprint density at radius 2 is 1.93 bits per heavy atom. The third-order valence-electron chi connectivity index (χ3n) is 2.20. The molecule has 0 spiro atoms. The molecule has 0 rings (SSSR count). The zero-order valence-electron chi connectivity index (χ0n) is 9.76. The maximum absolute atomic E-state index is 11.9. The fourth-order valence-corrected chi connectivity index (χ4v) is 1.18. The summed E-state index contributed by atoms with van der Waals surface area (Å²) in [6.45, 7) is 5.98. The summed E-state index contributed by atoms with van der Waals surface area (Å²) >= 11 is 5.71. The van der Waals surface area contributed by atoms with E-state index in [4.69, 9.17) is 11.6 Å². The molecule has 0 radical (unpaired) electrons. The minimum absolute atomic E-state index is 0.0894. The number of halogens is 1. The molecule has 2 amide bonds. The highest BCUT2D eigenvalue weighted by atomic mass is 35.5. The second-order valence-electron chi connectivity index (χ2n) is 4.01. The summed E-state index contributed by atoms with van der Waals surface area (Å²) in [4.78, 5) is 24.6. The lowest BCUT2D eigenvalue weighted by molar-refractivity contribution is -0.142. The molecule has 0 aliphatic heterocycles. The average molecular weight is 235 g/mol. The van der Waals surface area contributed by atoms with Gasteiger partial charge in [-0.25, -0.2) is 0 Å². The van der Waals surface area contributed by atoms with Crippen molar-refractivity contribution in [3.8, 4) is 0 Å². The van der Waals surface area contributed by atoms with Gasteiger partial charge in [0.2, 0.25) is 11.8 Å². The zero-order chi connectivity index (χ0) is 12.1. The standard InChI is InChI=1S/C10H19ClN2O2/c1-5-13(6-8(14)12-4)9(15)10(2,3)7-11/h5-7H2,1-4H3,(H,12,14). The molecule has 15 heavy (non-hydrogen) atoms. The van der Waals surface area contributed by atoms with Crippen molar-refractivity contribution in [1.29, 1.82) is 0 Å². The van der Waals surface area contributed by atoms with Gasteiger partial charge in [-0.1, -0.05) is 0 Å². The van der Waals surface area contributed by atoms with E-state index in [0.717, 1.165) is 0 Å². The van der Waals surface area contributed by atoms with Gasteiger partial charge in [0.25, 0.3) is 0 Å². The van der Waals surface area contributed by atoms with Gasteiger partial charge < -0.3 is 10.2 Å². The van der Waals surface area contributed by atoms with Crippen molar-refractivity contribution in [2.45, 2.75) is 20.8 Å². The normalized spacial score (nSPS) is 11.0. The van der Waals surface area contributed by atoms with E-state index < -0.39 is 5.41 Å². The van der Waals surface area contributed by atoms with Crippen molar-refractivity contribution in [3.05, 3.63) is 0 Å². The molecule has 0 aromatic carbocycles. The minimum Gasteiger partial charge on any atom is -0.358 e. The maximum atomic E-state index is 11.9. The van der Waals surface area contributed by atoms with Crippen LogP contribution in [-0.2, 0) is 9.59 Å². The molecule has 4 nitrogen and oxygen atoms in total. The van der Waals surface area contributed by atoms with E-state index in [1.807, 2.05) is 6.92 Å². The number of nitrogens with zero attached hydrogens (tertiary/aromatic N) is 1. The van der Waals surface area contributed by atoms with Crippen LogP contribution in [0.3, 0.4) is 0 Å². The van der Waals surface area contributed by atoms with Crippen LogP contribution in [0, 0.1) is 5.41 Å². The first-order chi connectivity index (χ1) is 6.88. The molecule has 0 atom stereocenters. The van der Waals surface area contributed by atoms with E-state index in [1.54, 1.807) is 20.9 Å². The number of carbonyl (C=O) groups excluding carboxylic acids is 2. The molecule has 0 fully saturated rings. The molecule has 0 saturated heterocycles. The van der Waals surface area contributed by atoms with Crippen molar-refractivity contribution in [2.75, 3.05) is 26.0 Å². The highest BCUT2D eigenvalue weighted by molar-refractivity contribution is 6.19. The van der Waals surface area contributed by atoms with Crippen molar-refractivity contribution in [1.82, 2.24) is 10.2 Å². The largest absolute Gasteiger partial charge is 0.358 e. The lowest BCUT2D eigenvalue weighted by Crippen LogP contribution is -2.46. The maximum Gasteiger partial charge on any atom is 0.239 e. The van der Waals surface area contributed by atoms with E-state index in [-0.39, 0.29) is 24.2 Å². The van der Waals surface area contributed by atoms with Gasteiger partial charge in [-0.05, 0) is 20.8 Å². The summed E-state index contributed by atoms with van der Waals surface area (Å²) in [7, 11) is 1.55. The Bertz CT molecular complexity index is 242. The van der Waals surface area contributed by atoms with E-state index in [1.165, 1.54) is 4.90 Å². The molecule has 0 heterocycles. The molecule has 0 aliphatic carbocycles. The number of nitrogens with one attached hydrogen (secondary N) is 1. The first-order valence-electron chi connectivity index (χ1n) is 4.95. The quantitative estimate of drug-likeness (QED) is 0.717. The molecule has 5 heteroatoms. The van der Waals surface area contributed by atoms with Crippen molar-refractivity contribution in [2.24, 2.45) is 5.41 Å². The molecular formula is C10H19ClN2O2. The Morgan fingerprint density at radius 3 is 2.27 bits per heavy atom. The predicted molar refractivity (Wildman–Crippen MR) is 60.8 cm³/mol. The van der Waals surface area contributed by atoms with E-state index in [2.05, 4.69) is 5.32 Å². The molecular weight excluding hydrogens is 216 g/mol. The topological polar surface area (TPSA) is 49.4 Å². The Kier molecular flexibility index (Phi) is 5.65. The number of likely N-dealkylation sites (N-methyl/N-ethyl adjacent to an activating group) is 2. The molecule has 0 unspecified atom stereocenters. The predicted octanol–water partition coefficient (Wildman–Crippen LogP) is 0.846. The van der Waals surface area contributed by atoms with Gasteiger partial charge in [-0.2, -0.15) is 0 Å². The van der Waals surface area contributed by atoms with Crippen LogP contribution in [0.1, 0.15) is 20.8 Å². The minimum atomic E-state index is -0.619. The summed E-state index contributed by atoms with van der Waals surface area (Å²) in [5, 5.41) is 2.49. The van der Waals surface area contributed by atoms with Crippen LogP contribution < -0.4 is 5.32 Å². The lowest BCUT2D eigenvalue weighted by atomic mass is 9.94. The fraction of sp³-hybridized carbons (Fsp3) is 0.800. The lowest BCUT2D eigenvalue weighted by Gasteiger charge is -2.29. The van der Waals surface area contributed by atoms with Crippen LogP contribution in [0.2, 0.25) is 0 Å². The second kappa shape index (κ2) is 5.95. The zero-order valence-corrected chi connectivity index (χ0v) is 10.5. The van der Waals surface area contributed by atoms with Crippen molar-refractivity contribution >= 4 is 23.4 Å². The Hall–Kier alpha value is -0.770. The van der Waals surface area contributed by atoms with Gasteiger partial charge in [0.1, 0.15) is 0 Å². The number of hydrogen-bond acceptors (Lipinski definition) is 2. The van der Waals surface area contributed by atoms with Crippen LogP contribution in [0.4, 0.5) is 0 Å². The first kappa shape index (κ1) is 14.2. The molecule has 0 bridgehead atoms. The summed E-state index contributed by atoms with van der Waals surface area (Å²) in [6.07, 6.45) is 0. The van der Waals surface area contributed by atoms with Crippen LogP contribution >= 0.6 is 11.6 Å². The summed E-state index contributed by atoms with van der Waals surface area (Å²) < 4.78 is 0. The highest BCUT2D eigenvalue weighted by Crippen LogP contribution is 2.20. The Morgan fingerprint density at radius 1 is 1.40 bits per heavy atom. The molecule has 0 aliphatic rings. The van der Waals surface area contributed by atoms with Gasteiger partial charge in [0, 0.05) is 19.5 Å². The van der Waals surface area contributed by atoms with Gasteiger partial charge in [0.05, 0.1) is 12.0 Å². The summed E-state index contributed by atoms with van der Waals surface area (Å²) in [5.74, 6) is -0.0185. The third kappa shape index (κ3) is 4.08. The summed E-state index contributed by atoms with van der Waals surface area (Å²) in [6, 6.07) is 0. The van der Waals surface area contributed by atoms with E-state index in [0.29, 0.717) is 6.54 Å². The highest BCUT2D eigenvalue weighted by Gasteiger charge is 2.31. The van der Waals surface area contributed by atoms with Gasteiger partial charge in [-0.3, -0.25) is 9.59 Å². The van der Waals surface area contributed by atoms with Crippen molar-refractivity contribution < 1.29 is 9.59 Å². The van der Waals surface area contributed by atoms with Gasteiger partial charge in [0.15, 0.2) is 0 Å². The average Bonchev–Trinajstić information content (AvgIpc) is 2.24. The van der Waals surface area contributed by atoms with E-state index >= 15 is 0 Å². The number of alkyl halides is 1. The third-order valence-corrected chi connectivity index (χ3v) is 2.86. The van der Waals surface area contributed by atoms with Crippen LogP contribution in [0.15, 0.2) is 0 Å². The molecule has 0 aromatic heterocycles. The Balaban J connectivity index is 4.54.